The normalized spacial score (nSPS) is 12.5. The number of rotatable bonds is 4. The molecule has 0 aromatic heterocycles. The van der Waals surface area contributed by atoms with Gasteiger partial charge in [-0.2, -0.15) is 0 Å². The van der Waals surface area contributed by atoms with Crippen molar-refractivity contribution in [3.63, 3.8) is 0 Å². The highest BCUT2D eigenvalue weighted by molar-refractivity contribution is 7.99. The Hall–Kier alpha value is -0.380. The van der Waals surface area contributed by atoms with Gasteiger partial charge in [0, 0.05) is 5.75 Å². The van der Waals surface area contributed by atoms with Crippen LogP contribution in [0.25, 0.3) is 0 Å². The van der Waals surface area contributed by atoms with Crippen LogP contribution in [0.4, 0.5) is 0 Å². The molecule has 82 valence electrons. The molecule has 0 aliphatic heterocycles. The number of nitrogens with two attached hydrogens (primary N) is 1. The molecule has 1 amide bonds. The second kappa shape index (κ2) is 5.64. The molecule has 0 aliphatic carbocycles. The van der Waals surface area contributed by atoms with E-state index in [0.29, 0.717) is 15.8 Å². The van der Waals surface area contributed by atoms with Gasteiger partial charge in [-0.3, -0.25) is 4.79 Å². The first kappa shape index (κ1) is 12.7. The number of carbonyl (C=O) groups excluding carboxylic acids is 1. The molecule has 0 spiro atoms. The van der Waals surface area contributed by atoms with Crippen LogP contribution in [0.1, 0.15) is 12.5 Å². The summed E-state index contributed by atoms with van der Waals surface area (Å²) in [6.07, 6.45) is 0. The summed E-state index contributed by atoms with van der Waals surface area (Å²) in [4.78, 5) is 10.8. The Balaban J connectivity index is 2.58. The molecule has 0 saturated heterocycles. The average Bonchev–Trinajstić information content (AvgIpc) is 2.19. The summed E-state index contributed by atoms with van der Waals surface area (Å²) in [6, 6.07) is 5.42. The maximum absolute atomic E-state index is 10.8. The fourth-order valence-electron chi connectivity index (χ4n) is 0.933. The minimum atomic E-state index is -0.305. The second-order valence-corrected chi connectivity index (χ2v) is 5.25. The standard InChI is InChI=1S/C10H11Cl2NOS/c1-6(10(13)14)15-5-7-2-3-8(11)9(12)4-7/h2-4,6H,5H2,1H3,(H2,13,14). The zero-order valence-corrected chi connectivity index (χ0v) is 10.5. The molecule has 0 radical (unpaired) electrons. The lowest BCUT2D eigenvalue weighted by Crippen LogP contribution is -2.22. The van der Waals surface area contributed by atoms with E-state index >= 15 is 0 Å². The molecule has 1 rings (SSSR count). The summed E-state index contributed by atoms with van der Waals surface area (Å²) >= 11 is 13.1. The molecule has 1 aromatic rings. The number of benzene rings is 1. The third-order valence-electron chi connectivity index (χ3n) is 1.88. The van der Waals surface area contributed by atoms with Crippen LogP contribution in [-0.4, -0.2) is 11.2 Å². The highest BCUT2D eigenvalue weighted by Crippen LogP contribution is 2.25. The van der Waals surface area contributed by atoms with Gasteiger partial charge < -0.3 is 5.73 Å². The predicted octanol–water partition coefficient (Wildman–Crippen LogP) is 3.10. The van der Waals surface area contributed by atoms with E-state index in [-0.39, 0.29) is 11.2 Å². The lowest BCUT2D eigenvalue weighted by Gasteiger charge is -2.07. The zero-order chi connectivity index (χ0) is 11.4. The molecule has 2 nitrogen and oxygen atoms in total. The van der Waals surface area contributed by atoms with E-state index in [0.717, 1.165) is 5.56 Å². The number of hydrogen-bond acceptors (Lipinski definition) is 2. The first-order valence-electron chi connectivity index (χ1n) is 4.35. The first-order valence-corrected chi connectivity index (χ1v) is 6.16. The van der Waals surface area contributed by atoms with Gasteiger partial charge in [0.15, 0.2) is 0 Å². The van der Waals surface area contributed by atoms with Crippen molar-refractivity contribution in [3.05, 3.63) is 33.8 Å². The third kappa shape index (κ3) is 3.93. The third-order valence-corrected chi connectivity index (χ3v) is 3.86. The van der Waals surface area contributed by atoms with Gasteiger partial charge in [-0.25, -0.2) is 0 Å². The van der Waals surface area contributed by atoms with Crippen molar-refractivity contribution >= 4 is 40.9 Å². The zero-order valence-electron chi connectivity index (χ0n) is 8.17. The lowest BCUT2D eigenvalue weighted by atomic mass is 10.2. The van der Waals surface area contributed by atoms with Crippen molar-refractivity contribution in [1.29, 1.82) is 0 Å². The van der Waals surface area contributed by atoms with Gasteiger partial charge in [-0.05, 0) is 24.6 Å². The van der Waals surface area contributed by atoms with Gasteiger partial charge in [0.05, 0.1) is 15.3 Å². The Morgan fingerprint density at radius 3 is 2.67 bits per heavy atom. The average molecular weight is 264 g/mol. The van der Waals surface area contributed by atoms with E-state index in [9.17, 15) is 4.79 Å². The molecule has 1 atom stereocenters. The summed E-state index contributed by atoms with van der Waals surface area (Å²) in [5.41, 5.74) is 6.18. The molecule has 2 N–H and O–H groups in total. The molecular weight excluding hydrogens is 253 g/mol. The molecule has 0 aliphatic rings. The summed E-state index contributed by atoms with van der Waals surface area (Å²) in [5.74, 6) is 0.390. The monoisotopic (exact) mass is 263 g/mol. The van der Waals surface area contributed by atoms with Crippen LogP contribution in [0.15, 0.2) is 18.2 Å². The maximum Gasteiger partial charge on any atom is 0.230 e. The van der Waals surface area contributed by atoms with Gasteiger partial charge in [-0.1, -0.05) is 29.3 Å². The Labute approximate surface area is 103 Å². The molecule has 0 saturated carbocycles. The van der Waals surface area contributed by atoms with Gasteiger partial charge in [0.1, 0.15) is 0 Å². The van der Waals surface area contributed by atoms with Crippen molar-refractivity contribution in [2.45, 2.75) is 17.9 Å². The molecule has 5 heteroatoms. The Morgan fingerprint density at radius 2 is 2.13 bits per heavy atom. The smallest absolute Gasteiger partial charge is 0.230 e. The first-order chi connectivity index (χ1) is 7.00. The molecule has 1 unspecified atom stereocenters. The number of thioether (sulfide) groups is 1. The van der Waals surface area contributed by atoms with Crippen LogP contribution in [0.3, 0.4) is 0 Å². The summed E-state index contributed by atoms with van der Waals surface area (Å²) in [5, 5.41) is 0.870. The highest BCUT2D eigenvalue weighted by atomic mass is 35.5. The molecular formula is C10H11Cl2NOS. The molecule has 0 fully saturated rings. The summed E-state index contributed by atoms with van der Waals surface area (Å²) in [6.45, 7) is 1.78. The van der Waals surface area contributed by atoms with Gasteiger partial charge in [0.25, 0.3) is 0 Å². The van der Waals surface area contributed by atoms with Gasteiger partial charge >= 0.3 is 0 Å². The minimum Gasteiger partial charge on any atom is -0.369 e. The molecule has 0 bridgehead atoms. The van der Waals surface area contributed by atoms with Crippen molar-refractivity contribution in [2.75, 3.05) is 0 Å². The van der Waals surface area contributed by atoms with Crippen LogP contribution in [-0.2, 0) is 10.5 Å². The van der Waals surface area contributed by atoms with Crippen molar-refractivity contribution < 1.29 is 4.79 Å². The Morgan fingerprint density at radius 1 is 1.47 bits per heavy atom. The van der Waals surface area contributed by atoms with Crippen molar-refractivity contribution in [2.24, 2.45) is 5.73 Å². The fourth-order valence-corrected chi connectivity index (χ4v) is 2.04. The van der Waals surface area contributed by atoms with E-state index in [4.69, 9.17) is 28.9 Å². The molecule has 15 heavy (non-hydrogen) atoms. The SMILES string of the molecule is CC(SCc1ccc(Cl)c(Cl)c1)C(N)=O. The second-order valence-electron chi connectivity index (χ2n) is 3.10. The largest absolute Gasteiger partial charge is 0.369 e. The van der Waals surface area contributed by atoms with Gasteiger partial charge in [0.2, 0.25) is 5.91 Å². The topological polar surface area (TPSA) is 43.1 Å². The number of carbonyl (C=O) groups is 1. The minimum absolute atomic E-state index is 0.195. The van der Waals surface area contributed by atoms with Gasteiger partial charge in [-0.15, -0.1) is 11.8 Å². The van der Waals surface area contributed by atoms with Crippen LogP contribution in [0, 0.1) is 0 Å². The van der Waals surface area contributed by atoms with E-state index in [1.807, 2.05) is 6.07 Å². The van der Waals surface area contributed by atoms with E-state index < -0.39 is 0 Å². The lowest BCUT2D eigenvalue weighted by molar-refractivity contribution is -0.117. The number of primary amides is 1. The predicted molar refractivity (Wildman–Crippen MR) is 66.4 cm³/mol. The fraction of sp³-hybridized carbons (Fsp3) is 0.300. The van der Waals surface area contributed by atoms with E-state index in [1.54, 1.807) is 19.1 Å². The maximum atomic E-state index is 10.8. The molecule has 1 aromatic carbocycles. The van der Waals surface area contributed by atoms with Crippen molar-refractivity contribution in [3.8, 4) is 0 Å². The number of hydrogen-bond donors (Lipinski definition) is 1. The molecule has 0 heterocycles. The Kier molecular flexibility index (Phi) is 4.77. The van der Waals surface area contributed by atoms with Crippen LogP contribution in [0.2, 0.25) is 10.0 Å². The summed E-state index contributed by atoms with van der Waals surface area (Å²) in [7, 11) is 0. The highest BCUT2D eigenvalue weighted by Gasteiger charge is 2.09. The Bertz CT molecular complexity index is 370. The number of amides is 1. The van der Waals surface area contributed by atoms with E-state index in [1.165, 1.54) is 11.8 Å². The van der Waals surface area contributed by atoms with Crippen LogP contribution in [0.5, 0.6) is 0 Å². The van der Waals surface area contributed by atoms with Crippen LogP contribution >= 0.6 is 35.0 Å². The van der Waals surface area contributed by atoms with Crippen LogP contribution < -0.4 is 5.73 Å². The summed E-state index contributed by atoms with van der Waals surface area (Å²) < 4.78 is 0. The number of halogens is 2. The van der Waals surface area contributed by atoms with E-state index in [2.05, 4.69) is 0 Å². The quantitative estimate of drug-likeness (QED) is 0.908. The van der Waals surface area contributed by atoms with Crippen molar-refractivity contribution in [1.82, 2.24) is 0 Å².